The molecule has 1 heterocycles. The second-order valence-electron chi connectivity index (χ2n) is 14.9. The van der Waals surface area contributed by atoms with E-state index >= 15 is 0 Å². The highest BCUT2D eigenvalue weighted by molar-refractivity contribution is 5.87. The van der Waals surface area contributed by atoms with Crippen LogP contribution in [0.4, 0.5) is 0 Å². The van der Waals surface area contributed by atoms with Crippen molar-refractivity contribution in [2.45, 2.75) is 144 Å². The molecule has 1 saturated heterocycles. The van der Waals surface area contributed by atoms with Gasteiger partial charge in [-0.25, -0.2) is 0 Å². The number of aliphatic hydroxyl groups excluding tert-OH is 1. The lowest BCUT2D eigenvalue weighted by Crippen LogP contribution is -2.55. The molecule has 1 aromatic rings. The van der Waals surface area contributed by atoms with Crippen molar-refractivity contribution in [3.05, 3.63) is 35.9 Å². The summed E-state index contributed by atoms with van der Waals surface area (Å²) in [6.07, 6.45) is 1.45. The van der Waals surface area contributed by atoms with Crippen LogP contribution in [0.1, 0.15) is 113 Å². The first-order chi connectivity index (χ1) is 25.5. The van der Waals surface area contributed by atoms with Gasteiger partial charge < -0.3 is 35.0 Å². The summed E-state index contributed by atoms with van der Waals surface area (Å²) in [7, 11) is 8.48. The fourth-order valence-corrected chi connectivity index (χ4v) is 7.22. The molecule has 1 aliphatic rings. The number of nitrogens with one attached hydrogen (secondary N) is 2. The summed E-state index contributed by atoms with van der Waals surface area (Å²) in [5, 5.41) is 16.5. The number of amides is 4. The predicted molar refractivity (Wildman–Crippen MR) is 218 cm³/mol. The Labute approximate surface area is 328 Å². The number of benzene rings is 1. The van der Waals surface area contributed by atoms with E-state index in [1.54, 1.807) is 44.9 Å². The number of likely N-dealkylation sites (tertiary alicyclic amines) is 1. The summed E-state index contributed by atoms with van der Waals surface area (Å²) < 4.78 is 11.8. The largest absolute Gasteiger partial charge is 0.386 e. The molecule has 0 saturated carbocycles. The van der Waals surface area contributed by atoms with Gasteiger partial charge in [-0.15, -0.1) is 0 Å². The van der Waals surface area contributed by atoms with Gasteiger partial charge in [0.1, 0.15) is 0 Å². The summed E-state index contributed by atoms with van der Waals surface area (Å²) in [4.78, 5) is 58.9. The minimum absolute atomic E-state index is 0.00522. The van der Waals surface area contributed by atoms with Crippen LogP contribution < -0.4 is 10.6 Å². The van der Waals surface area contributed by atoms with Crippen LogP contribution in [0.15, 0.2) is 30.3 Å². The first kappa shape index (κ1) is 50.9. The molecule has 12 nitrogen and oxygen atoms in total. The zero-order chi connectivity index (χ0) is 41.7. The van der Waals surface area contributed by atoms with Crippen LogP contribution >= 0.6 is 0 Å². The average Bonchev–Trinajstić information content (AvgIpc) is 3.64. The van der Waals surface area contributed by atoms with E-state index < -0.39 is 36.3 Å². The molecule has 0 bridgehead atoms. The first-order valence-corrected chi connectivity index (χ1v) is 20.1. The average molecular weight is 764 g/mol. The van der Waals surface area contributed by atoms with E-state index in [1.165, 1.54) is 6.42 Å². The minimum atomic E-state index is -0.872. The molecule has 312 valence electrons. The molecular formula is C42H77N5O7. The van der Waals surface area contributed by atoms with Gasteiger partial charge in [-0.2, -0.15) is 0 Å². The summed E-state index contributed by atoms with van der Waals surface area (Å²) in [6, 6.07) is 7.54. The lowest BCUT2D eigenvalue weighted by Gasteiger charge is -2.39. The Kier molecular flexibility index (Phi) is 25.2. The minimum Gasteiger partial charge on any atom is -0.386 e. The lowest BCUT2D eigenvalue weighted by atomic mass is 9.90. The molecule has 1 fully saturated rings. The standard InChI is InChI=1S/C37H63N5O7.C3H8.C2H6/c1-12-24(4)33(41(9)31(44)22-38-37(47)32(23(2)3)40(7)8)29(48-10)21-30(43)42-20-16-19-28(42)35(49-11)25(5)36(46)39-26(6)34(45)27-17-14-13-15-18-27;1-3-2;1-2/h13-15,17-18,23-26,28-29,32-35,45H,12,16,19-22H2,1-11H3,(H,38,47)(H,39,46);3H2,1-2H3;1-2H3. The molecule has 9 atom stereocenters. The van der Waals surface area contributed by atoms with Gasteiger partial charge in [-0.1, -0.05) is 105 Å². The third kappa shape index (κ3) is 15.2. The quantitative estimate of drug-likeness (QED) is 0.173. The van der Waals surface area contributed by atoms with Crippen molar-refractivity contribution in [1.82, 2.24) is 25.3 Å². The highest BCUT2D eigenvalue weighted by Gasteiger charge is 2.42. The number of carbonyl (C=O) groups excluding carboxylic acids is 4. The Bertz CT molecular complexity index is 1210. The van der Waals surface area contributed by atoms with Gasteiger partial charge in [0.15, 0.2) is 0 Å². The van der Waals surface area contributed by atoms with Crippen LogP contribution in [0, 0.1) is 17.8 Å². The van der Waals surface area contributed by atoms with Gasteiger partial charge in [-0.3, -0.25) is 24.1 Å². The SMILES string of the molecule is CC.CCC.CCC(C)C(C(CC(=O)N1CCCC1C(OC)C(C)C(=O)NC(C)C(O)c1ccccc1)OC)N(C)C(=O)CNC(=O)C(C(C)C)N(C)C. The molecule has 2 rings (SSSR count). The van der Waals surface area contributed by atoms with Gasteiger partial charge in [0.2, 0.25) is 23.6 Å². The maximum atomic E-state index is 14.0. The second kappa shape index (κ2) is 26.7. The summed E-state index contributed by atoms with van der Waals surface area (Å²) in [6.45, 7) is 20.1. The molecule has 0 aliphatic carbocycles. The summed E-state index contributed by atoms with van der Waals surface area (Å²) in [5.41, 5.74) is 0.711. The monoisotopic (exact) mass is 764 g/mol. The van der Waals surface area contributed by atoms with Crippen molar-refractivity contribution < 1.29 is 33.8 Å². The van der Waals surface area contributed by atoms with Crippen LogP contribution in [0.5, 0.6) is 0 Å². The Hall–Kier alpha value is -3.06. The highest BCUT2D eigenvalue weighted by atomic mass is 16.5. The number of likely N-dealkylation sites (N-methyl/N-ethyl adjacent to an activating group) is 2. The topological polar surface area (TPSA) is 141 Å². The Morgan fingerprint density at radius 3 is 1.98 bits per heavy atom. The number of nitrogens with zero attached hydrogens (tertiary/aromatic N) is 3. The fraction of sp³-hybridized carbons (Fsp3) is 0.762. The normalized spacial score (nSPS) is 18.4. The molecule has 4 amide bonds. The van der Waals surface area contributed by atoms with Crippen LogP contribution in [-0.4, -0.2) is 128 Å². The number of rotatable bonds is 19. The van der Waals surface area contributed by atoms with Crippen LogP contribution in [-0.2, 0) is 28.7 Å². The fourth-order valence-electron chi connectivity index (χ4n) is 7.22. The number of methoxy groups -OCH3 is 2. The predicted octanol–water partition coefficient (Wildman–Crippen LogP) is 5.29. The molecule has 0 aromatic heterocycles. The molecule has 0 radical (unpaired) electrons. The Morgan fingerprint density at radius 1 is 0.926 bits per heavy atom. The van der Waals surface area contributed by atoms with Crippen molar-refractivity contribution in [3.63, 3.8) is 0 Å². The number of hydrogen-bond donors (Lipinski definition) is 3. The van der Waals surface area contributed by atoms with Crippen LogP contribution in [0.2, 0.25) is 0 Å². The van der Waals surface area contributed by atoms with E-state index in [-0.39, 0.29) is 60.5 Å². The zero-order valence-electron chi connectivity index (χ0n) is 36.3. The van der Waals surface area contributed by atoms with Gasteiger partial charge in [0.25, 0.3) is 0 Å². The van der Waals surface area contributed by atoms with Gasteiger partial charge >= 0.3 is 0 Å². The number of ether oxygens (including phenoxy) is 2. The summed E-state index contributed by atoms with van der Waals surface area (Å²) in [5.74, 6) is -1.40. The molecule has 12 heteroatoms. The molecule has 9 unspecified atom stereocenters. The van der Waals surface area contributed by atoms with Crippen molar-refractivity contribution in [2.75, 3.05) is 48.5 Å². The van der Waals surface area contributed by atoms with Gasteiger partial charge in [0, 0.05) is 27.8 Å². The molecule has 1 aliphatic heterocycles. The zero-order valence-corrected chi connectivity index (χ0v) is 36.3. The first-order valence-electron chi connectivity index (χ1n) is 20.1. The van der Waals surface area contributed by atoms with Gasteiger partial charge in [0.05, 0.1) is 61.4 Å². The molecular weight excluding hydrogens is 686 g/mol. The van der Waals surface area contributed by atoms with Crippen molar-refractivity contribution in [3.8, 4) is 0 Å². The molecule has 1 aromatic carbocycles. The maximum absolute atomic E-state index is 14.0. The van der Waals surface area contributed by atoms with Crippen molar-refractivity contribution in [1.29, 1.82) is 0 Å². The molecule has 0 spiro atoms. The second-order valence-corrected chi connectivity index (χ2v) is 14.9. The van der Waals surface area contributed by atoms with Gasteiger partial charge in [-0.05, 0) is 51.3 Å². The van der Waals surface area contributed by atoms with E-state index in [9.17, 15) is 24.3 Å². The van der Waals surface area contributed by atoms with Crippen LogP contribution in [0.3, 0.4) is 0 Å². The third-order valence-corrected chi connectivity index (χ3v) is 10.2. The van der Waals surface area contributed by atoms with E-state index in [1.807, 2.05) is 90.9 Å². The van der Waals surface area contributed by atoms with E-state index in [0.717, 1.165) is 12.8 Å². The Morgan fingerprint density at radius 2 is 1.50 bits per heavy atom. The summed E-state index contributed by atoms with van der Waals surface area (Å²) >= 11 is 0. The molecule has 54 heavy (non-hydrogen) atoms. The highest BCUT2D eigenvalue weighted by Crippen LogP contribution is 2.29. The number of carbonyl (C=O) groups is 4. The molecule has 3 N–H and O–H groups in total. The van der Waals surface area contributed by atoms with Crippen molar-refractivity contribution in [2.24, 2.45) is 17.8 Å². The van der Waals surface area contributed by atoms with Crippen LogP contribution in [0.25, 0.3) is 0 Å². The maximum Gasteiger partial charge on any atom is 0.242 e. The van der Waals surface area contributed by atoms with E-state index in [2.05, 4.69) is 24.5 Å². The van der Waals surface area contributed by atoms with Crippen molar-refractivity contribution >= 4 is 23.6 Å². The lowest BCUT2D eigenvalue weighted by molar-refractivity contribution is -0.146. The van der Waals surface area contributed by atoms with E-state index in [0.29, 0.717) is 18.5 Å². The van der Waals surface area contributed by atoms with E-state index in [4.69, 9.17) is 9.47 Å². The third-order valence-electron chi connectivity index (χ3n) is 10.2. The number of hydrogen-bond acceptors (Lipinski definition) is 8. The smallest absolute Gasteiger partial charge is 0.242 e. The number of aliphatic hydroxyl groups is 1. The Balaban J connectivity index is 0.00000533.